The van der Waals surface area contributed by atoms with E-state index in [1.165, 1.54) is 5.56 Å². The van der Waals surface area contributed by atoms with Gasteiger partial charge in [-0.1, -0.05) is 62.4 Å². The third-order valence-electron chi connectivity index (χ3n) is 6.74. The summed E-state index contributed by atoms with van der Waals surface area (Å²) in [5.41, 5.74) is 3.70. The fraction of sp³-hybridized carbons (Fsp3) is 0.393. The van der Waals surface area contributed by atoms with Crippen LogP contribution in [0.3, 0.4) is 0 Å². The van der Waals surface area contributed by atoms with E-state index in [4.69, 9.17) is 5.10 Å². The summed E-state index contributed by atoms with van der Waals surface area (Å²) in [6.07, 6.45) is 1.91. The molecule has 0 spiro atoms. The van der Waals surface area contributed by atoms with Crippen LogP contribution in [-0.2, 0) is 9.59 Å². The van der Waals surface area contributed by atoms with E-state index in [1.54, 1.807) is 0 Å². The molecule has 4 rings (SSSR count). The molecule has 0 bridgehead atoms. The normalized spacial score (nSPS) is 15.0. The molecule has 1 aromatic heterocycles. The van der Waals surface area contributed by atoms with Crippen molar-refractivity contribution < 1.29 is 9.59 Å². The van der Waals surface area contributed by atoms with Gasteiger partial charge in [-0.3, -0.25) is 9.59 Å². The number of carbonyl (C=O) groups is 2. The number of nitrogens with zero attached hydrogens (tertiary/aromatic N) is 3. The number of amides is 2. The van der Waals surface area contributed by atoms with Crippen LogP contribution in [0.5, 0.6) is 0 Å². The van der Waals surface area contributed by atoms with Crippen LogP contribution in [-0.4, -0.2) is 41.2 Å². The van der Waals surface area contributed by atoms with Gasteiger partial charge in [0.05, 0.1) is 11.4 Å². The van der Waals surface area contributed by atoms with Crippen LogP contribution >= 0.6 is 0 Å². The second-order valence-corrected chi connectivity index (χ2v) is 9.25. The predicted octanol–water partition coefficient (Wildman–Crippen LogP) is 4.67. The fourth-order valence-corrected chi connectivity index (χ4v) is 4.58. The summed E-state index contributed by atoms with van der Waals surface area (Å²) >= 11 is 0. The number of para-hydroxylation sites is 1. The van der Waals surface area contributed by atoms with E-state index >= 15 is 0 Å². The average Bonchev–Trinajstić information content (AvgIpc) is 3.23. The van der Waals surface area contributed by atoms with Gasteiger partial charge in [0.1, 0.15) is 5.69 Å². The molecule has 184 valence electrons. The summed E-state index contributed by atoms with van der Waals surface area (Å²) in [7, 11) is 0. The van der Waals surface area contributed by atoms with Crippen molar-refractivity contribution in [2.24, 2.45) is 5.92 Å². The smallest absolute Gasteiger partial charge is 0.224 e. The third-order valence-corrected chi connectivity index (χ3v) is 6.74. The summed E-state index contributed by atoms with van der Waals surface area (Å²) in [5, 5.41) is 11.0. The number of hydrogen-bond acceptors (Lipinski definition) is 4. The largest absolute Gasteiger partial charge is 0.355 e. The molecule has 0 unspecified atom stereocenters. The first-order valence-corrected chi connectivity index (χ1v) is 12.5. The van der Waals surface area contributed by atoms with Gasteiger partial charge in [-0.05, 0) is 43.4 Å². The van der Waals surface area contributed by atoms with Gasteiger partial charge in [-0.2, -0.15) is 5.10 Å². The SMILES string of the molecule is CCC(=O)Nc1c(C)nn(-c2ccccc2)c1N1CCC(C(=O)NC[C@@H](C)c2ccccc2)CC1. The molecule has 3 aromatic rings. The van der Waals surface area contributed by atoms with E-state index in [2.05, 4.69) is 34.6 Å². The number of aromatic nitrogens is 2. The van der Waals surface area contributed by atoms with E-state index in [9.17, 15) is 9.59 Å². The molecule has 2 heterocycles. The van der Waals surface area contributed by atoms with Gasteiger partial charge in [0.15, 0.2) is 5.82 Å². The third kappa shape index (κ3) is 5.73. The van der Waals surface area contributed by atoms with Gasteiger partial charge in [-0.25, -0.2) is 4.68 Å². The summed E-state index contributed by atoms with van der Waals surface area (Å²) in [6.45, 7) is 7.98. The van der Waals surface area contributed by atoms with Crippen molar-refractivity contribution in [1.82, 2.24) is 15.1 Å². The standard InChI is InChI=1S/C28H35N5O2/c1-4-25(34)30-26-21(3)31-33(24-13-9-6-10-14-24)28(26)32-17-15-23(16-18-32)27(35)29-19-20(2)22-11-7-5-8-12-22/h5-14,20,23H,4,15-19H2,1-3H3,(H,29,35)(H,30,34)/t20-/m1/s1. The van der Waals surface area contributed by atoms with E-state index in [0.717, 1.165) is 48.8 Å². The van der Waals surface area contributed by atoms with Crippen molar-refractivity contribution in [2.75, 3.05) is 29.9 Å². The van der Waals surface area contributed by atoms with Crippen LogP contribution in [0.2, 0.25) is 0 Å². The van der Waals surface area contributed by atoms with Crippen LogP contribution in [0, 0.1) is 12.8 Å². The van der Waals surface area contributed by atoms with Crippen molar-refractivity contribution in [2.45, 2.75) is 46.0 Å². The zero-order valence-corrected chi connectivity index (χ0v) is 20.8. The average molecular weight is 474 g/mol. The Hall–Kier alpha value is -3.61. The molecule has 0 aliphatic carbocycles. The number of anilines is 2. The molecule has 0 radical (unpaired) electrons. The maximum absolute atomic E-state index is 12.9. The molecule has 2 N–H and O–H groups in total. The second kappa shape index (κ2) is 11.2. The lowest BCUT2D eigenvalue weighted by molar-refractivity contribution is -0.125. The van der Waals surface area contributed by atoms with Gasteiger partial charge < -0.3 is 15.5 Å². The van der Waals surface area contributed by atoms with Crippen LogP contribution in [0.25, 0.3) is 5.69 Å². The summed E-state index contributed by atoms with van der Waals surface area (Å²) in [4.78, 5) is 27.4. The highest BCUT2D eigenvalue weighted by molar-refractivity contribution is 5.94. The minimum absolute atomic E-state index is 0.0166. The number of carbonyl (C=O) groups excluding carboxylic acids is 2. The first-order valence-electron chi connectivity index (χ1n) is 12.5. The monoisotopic (exact) mass is 473 g/mol. The van der Waals surface area contributed by atoms with Gasteiger partial charge in [0.25, 0.3) is 0 Å². The molecule has 1 aliphatic heterocycles. The molecule has 1 saturated heterocycles. The summed E-state index contributed by atoms with van der Waals surface area (Å²) in [6, 6.07) is 20.2. The minimum atomic E-state index is -0.0382. The van der Waals surface area contributed by atoms with Crippen molar-refractivity contribution in [3.8, 4) is 5.69 Å². The first kappa shape index (κ1) is 24.5. The summed E-state index contributed by atoms with van der Waals surface area (Å²) in [5.74, 6) is 1.22. The van der Waals surface area contributed by atoms with Crippen molar-refractivity contribution in [3.63, 3.8) is 0 Å². The number of hydrogen-bond donors (Lipinski definition) is 2. The number of rotatable bonds is 8. The Bertz CT molecular complexity index is 1130. The Kier molecular flexibility index (Phi) is 7.85. The lowest BCUT2D eigenvalue weighted by Crippen LogP contribution is -2.42. The topological polar surface area (TPSA) is 79.3 Å². The van der Waals surface area contributed by atoms with E-state index < -0.39 is 0 Å². The molecule has 7 heteroatoms. The molecule has 2 amide bonds. The number of nitrogens with one attached hydrogen (secondary N) is 2. The zero-order valence-electron chi connectivity index (χ0n) is 20.8. The fourth-order valence-electron chi connectivity index (χ4n) is 4.58. The summed E-state index contributed by atoms with van der Waals surface area (Å²) < 4.78 is 1.91. The van der Waals surface area contributed by atoms with Crippen molar-refractivity contribution in [3.05, 3.63) is 71.9 Å². The molecule has 1 atom stereocenters. The number of piperidine rings is 1. The van der Waals surface area contributed by atoms with Crippen LogP contribution in [0.1, 0.15) is 50.3 Å². The second-order valence-electron chi connectivity index (χ2n) is 9.25. The molecule has 1 aliphatic rings. The van der Waals surface area contributed by atoms with E-state index in [0.29, 0.717) is 13.0 Å². The van der Waals surface area contributed by atoms with Crippen molar-refractivity contribution >= 4 is 23.3 Å². The number of benzene rings is 2. The maximum Gasteiger partial charge on any atom is 0.224 e. The van der Waals surface area contributed by atoms with Crippen LogP contribution in [0.15, 0.2) is 60.7 Å². The highest BCUT2D eigenvalue weighted by Gasteiger charge is 2.30. The molecule has 2 aromatic carbocycles. The maximum atomic E-state index is 12.9. The highest BCUT2D eigenvalue weighted by atomic mass is 16.2. The van der Waals surface area contributed by atoms with Crippen molar-refractivity contribution in [1.29, 1.82) is 0 Å². The Morgan fingerprint density at radius 3 is 2.29 bits per heavy atom. The Balaban J connectivity index is 1.45. The van der Waals surface area contributed by atoms with Gasteiger partial charge in [0, 0.05) is 32.0 Å². The first-order chi connectivity index (χ1) is 17.0. The molecular formula is C28H35N5O2. The molecule has 1 fully saturated rings. The highest BCUT2D eigenvalue weighted by Crippen LogP contribution is 2.35. The Labute approximate surface area is 207 Å². The molecular weight excluding hydrogens is 438 g/mol. The molecule has 7 nitrogen and oxygen atoms in total. The van der Waals surface area contributed by atoms with Gasteiger partial charge in [-0.15, -0.1) is 0 Å². The number of aryl methyl sites for hydroxylation is 1. The van der Waals surface area contributed by atoms with Crippen LogP contribution < -0.4 is 15.5 Å². The minimum Gasteiger partial charge on any atom is -0.355 e. The molecule has 0 saturated carbocycles. The lowest BCUT2D eigenvalue weighted by Gasteiger charge is -2.34. The van der Waals surface area contributed by atoms with Gasteiger partial charge >= 0.3 is 0 Å². The van der Waals surface area contributed by atoms with Gasteiger partial charge in [0.2, 0.25) is 11.8 Å². The van der Waals surface area contributed by atoms with E-state index in [1.807, 2.05) is 67.1 Å². The quantitative estimate of drug-likeness (QED) is 0.499. The van der Waals surface area contributed by atoms with E-state index in [-0.39, 0.29) is 23.7 Å². The molecule has 35 heavy (non-hydrogen) atoms. The zero-order chi connectivity index (χ0) is 24.8. The Morgan fingerprint density at radius 1 is 1.03 bits per heavy atom. The lowest BCUT2D eigenvalue weighted by atomic mass is 9.95. The predicted molar refractivity (Wildman–Crippen MR) is 140 cm³/mol. The van der Waals surface area contributed by atoms with Crippen LogP contribution in [0.4, 0.5) is 11.5 Å². The Morgan fingerprint density at radius 2 is 1.66 bits per heavy atom.